The molecule has 0 aliphatic carbocycles. The van der Waals surface area contributed by atoms with Gasteiger partial charge in [0.1, 0.15) is 6.07 Å². The third-order valence-corrected chi connectivity index (χ3v) is 2.64. The maximum Gasteiger partial charge on any atom is 0.225 e. The van der Waals surface area contributed by atoms with Gasteiger partial charge in [0.25, 0.3) is 0 Å². The van der Waals surface area contributed by atoms with Crippen LogP contribution in [0.2, 0.25) is 0 Å². The molecule has 0 radical (unpaired) electrons. The standard InChI is InChI=1S/C15H21N3O/c1-15(2,3)9-12(17)8-14(19)18-13-7-5-4-6-11(13)10-16/h4-7,12H,8-9,17H2,1-3H3,(H,18,19). The van der Waals surface area contributed by atoms with Gasteiger partial charge in [0.05, 0.1) is 11.3 Å². The fourth-order valence-electron chi connectivity index (χ4n) is 1.99. The molecule has 1 amide bonds. The molecule has 102 valence electrons. The van der Waals surface area contributed by atoms with Crippen LogP contribution in [0, 0.1) is 16.7 Å². The highest BCUT2D eigenvalue weighted by molar-refractivity contribution is 5.92. The Bertz CT molecular complexity index is 483. The predicted molar refractivity (Wildman–Crippen MR) is 76.5 cm³/mol. The lowest BCUT2D eigenvalue weighted by atomic mass is 9.87. The van der Waals surface area contributed by atoms with Gasteiger partial charge in [-0.3, -0.25) is 4.79 Å². The van der Waals surface area contributed by atoms with Crippen LogP contribution in [0.3, 0.4) is 0 Å². The van der Waals surface area contributed by atoms with Crippen LogP contribution in [-0.2, 0) is 4.79 Å². The number of nitrogens with two attached hydrogens (primary N) is 1. The molecule has 19 heavy (non-hydrogen) atoms. The number of carbonyl (C=O) groups excluding carboxylic acids is 1. The summed E-state index contributed by atoms with van der Waals surface area (Å²) in [6, 6.07) is 8.81. The van der Waals surface area contributed by atoms with Crippen LogP contribution in [0.5, 0.6) is 0 Å². The van der Waals surface area contributed by atoms with E-state index in [1.54, 1.807) is 24.3 Å². The Morgan fingerprint density at radius 2 is 2.05 bits per heavy atom. The van der Waals surface area contributed by atoms with Crippen molar-refractivity contribution in [3.8, 4) is 6.07 Å². The number of rotatable bonds is 4. The monoisotopic (exact) mass is 259 g/mol. The van der Waals surface area contributed by atoms with Crippen LogP contribution in [-0.4, -0.2) is 11.9 Å². The minimum Gasteiger partial charge on any atom is -0.327 e. The van der Waals surface area contributed by atoms with E-state index in [0.717, 1.165) is 6.42 Å². The topological polar surface area (TPSA) is 78.9 Å². The SMILES string of the molecule is CC(C)(C)CC(N)CC(=O)Nc1ccccc1C#N. The molecule has 0 aliphatic heterocycles. The number of nitriles is 1. The molecular formula is C15H21N3O. The first kappa shape index (κ1) is 15.2. The van der Waals surface area contributed by atoms with Crippen LogP contribution in [0.4, 0.5) is 5.69 Å². The molecule has 0 bridgehead atoms. The van der Waals surface area contributed by atoms with Gasteiger partial charge in [-0.2, -0.15) is 5.26 Å². The van der Waals surface area contributed by atoms with Gasteiger partial charge in [0.2, 0.25) is 5.91 Å². The van der Waals surface area contributed by atoms with Gasteiger partial charge in [-0.15, -0.1) is 0 Å². The summed E-state index contributed by atoms with van der Waals surface area (Å²) in [5, 5.41) is 11.7. The van der Waals surface area contributed by atoms with Crippen LogP contribution in [0.15, 0.2) is 24.3 Å². The fourth-order valence-corrected chi connectivity index (χ4v) is 1.99. The summed E-state index contributed by atoms with van der Waals surface area (Å²) < 4.78 is 0. The summed E-state index contributed by atoms with van der Waals surface area (Å²) in [4.78, 5) is 11.9. The first-order valence-corrected chi connectivity index (χ1v) is 6.36. The second-order valence-electron chi connectivity index (χ2n) is 5.93. The molecule has 1 aromatic rings. The highest BCUT2D eigenvalue weighted by Gasteiger charge is 2.18. The van der Waals surface area contributed by atoms with Crippen LogP contribution in [0.1, 0.15) is 39.2 Å². The van der Waals surface area contributed by atoms with Gasteiger partial charge in [0.15, 0.2) is 0 Å². The van der Waals surface area contributed by atoms with E-state index in [4.69, 9.17) is 11.0 Å². The molecular weight excluding hydrogens is 238 g/mol. The van der Waals surface area contributed by atoms with Gasteiger partial charge < -0.3 is 11.1 Å². The Balaban J connectivity index is 2.59. The Hall–Kier alpha value is -1.86. The Morgan fingerprint density at radius 3 is 2.63 bits per heavy atom. The zero-order valence-electron chi connectivity index (χ0n) is 11.7. The number of amides is 1. The molecule has 0 aromatic heterocycles. The lowest BCUT2D eigenvalue weighted by molar-refractivity contribution is -0.116. The molecule has 1 unspecified atom stereocenters. The molecule has 0 aliphatic rings. The van der Waals surface area contributed by atoms with E-state index < -0.39 is 0 Å². The summed E-state index contributed by atoms with van der Waals surface area (Å²) in [7, 11) is 0. The van der Waals surface area contributed by atoms with Crippen molar-refractivity contribution >= 4 is 11.6 Å². The Labute approximate surface area is 114 Å². The van der Waals surface area contributed by atoms with E-state index in [-0.39, 0.29) is 23.8 Å². The van der Waals surface area contributed by atoms with E-state index in [1.807, 2.05) is 6.07 Å². The fraction of sp³-hybridized carbons (Fsp3) is 0.467. The largest absolute Gasteiger partial charge is 0.327 e. The third-order valence-electron chi connectivity index (χ3n) is 2.64. The van der Waals surface area contributed by atoms with Crippen LogP contribution >= 0.6 is 0 Å². The van der Waals surface area contributed by atoms with E-state index in [9.17, 15) is 4.79 Å². The highest BCUT2D eigenvalue weighted by atomic mass is 16.1. The second kappa shape index (κ2) is 6.35. The van der Waals surface area contributed by atoms with Crippen LogP contribution in [0.25, 0.3) is 0 Å². The molecule has 0 saturated carbocycles. The second-order valence-corrected chi connectivity index (χ2v) is 5.93. The summed E-state index contributed by atoms with van der Waals surface area (Å²) in [5.41, 5.74) is 7.06. The molecule has 0 fully saturated rings. The maximum atomic E-state index is 11.9. The summed E-state index contributed by atoms with van der Waals surface area (Å²) in [6.07, 6.45) is 1.04. The average Bonchev–Trinajstić information content (AvgIpc) is 2.26. The number of hydrogen-bond donors (Lipinski definition) is 2. The van der Waals surface area contributed by atoms with Crippen molar-refractivity contribution in [3.05, 3.63) is 29.8 Å². The first-order valence-electron chi connectivity index (χ1n) is 6.36. The quantitative estimate of drug-likeness (QED) is 0.872. The molecule has 1 aromatic carbocycles. The lowest BCUT2D eigenvalue weighted by Gasteiger charge is -2.22. The zero-order valence-corrected chi connectivity index (χ0v) is 11.7. The number of hydrogen-bond acceptors (Lipinski definition) is 3. The Morgan fingerprint density at radius 1 is 1.42 bits per heavy atom. The van der Waals surface area contributed by atoms with Crippen molar-refractivity contribution in [3.63, 3.8) is 0 Å². The molecule has 0 saturated heterocycles. The van der Waals surface area contributed by atoms with Gasteiger partial charge in [0, 0.05) is 12.5 Å². The lowest BCUT2D eigenvalue weighted by Crippen LogP contribution is -2.31. The average molecular weight is 259 g/mol. The van der Waals surface area contributed by atoms with Gasteiger partial charge in [-0.1, -0.05) is 32.9 Å². The minimum atomic E-state index is -0.172. The summed E-state index contributed by atoms with van der Waals surface area (Å²) >= 11 is 0. The van der Waals surface area contributed by atoms with Crippen molar-refractivity contribution < 1.29 is 4.79 Å². The highest BCUT2D eigenvalue weighted by Crippen LogP contribution is 2.21. The van der Waals surface area contributed by atoms with E-state index in [0.29, 0.717) is 11.3 Å². The number of para-hydroxylation sites is 1. The van der Waals surface area contributed by atoms with Crippen LogP contribution < -0.4 is 11.1 Å². The number of nitrogens with zero attached hydrogens (tertiary/aromatic N) is 1. The predicted octanol–water partition coefficient (Wildman–Crippen LogP) is 2.65. The van der Waals surface area contributed by atoms with E-state index in [2.05, 4.69) is 26.1 Å². The van der Waals surface area contributed by atoms with Gasteiger partial charge in [-0.05, 0) is 24.0 Å². The maximum absolute atomic E-state index is 11.9. The van der Waals surface area contributed by atoms with Crippen molar-refractivity contribution in [1.82, 2.24) is 0 Å². The number of anilines is 1. The Kier molecular flexibility index (Phi) is 5.08. The van der Waals surface area contributed by atoms with Crippen molar-refractivity contribution in [2.24, 2.45) is 11.1 Å². The van der Waals surface area contributed by atoms with E-state index >= 15 is 0 Å². The number of nitrogens with one attached hydrogen (secondary N) is 1. The molecule has 3 N–H and O–H groups in total. The molecule has 4 nitrogen and oxygen atoms in total. The molecule has 0 heterocycles. The third kappa shape index (κ3) is 5.54. The molecule has 4 heteroatoms. The normalized spacial score (nSPS) is 12.6. The molecule has 0 spiro atoms. The zero-order chi connectivity index (χ0) is 14.5. The minimum absolute atomic E-state index is 0.101. The van der Waals surface area contributed by atoms with Crippen molar-refractivity contribution in [2.75, 3.05) is 5.32 Å². The van der Waals surface area contributed by atoms with Gasteiger partial charge >= 0.3 is 0 Å². The van der Waals surface area contributed by atoms with Crippen molar-refractivity contribution in [1.29, 1.82) is 5.26 Å². The summed E-state index contributed by atoms with van der Waals surface area (Å²) in [5.74, 6) is -0.153. The van der Waals surface area contributed by atoms with Gasteiger partial charge in [-0.25, -0.2) is 0 Å². The molecule has 1 atom stereocenters. The number of benzene rings is 1. The van der Waals surface area contributed by atoms with Crippen molar-refractivity contribution in [2.45, 2.75) is 39.7 Å². The smallest absolute Gasteiger partial charge is 0.225 e. The number of carbonyl (C=O) groups is 1. The van der Waals surface area contributed by atoms with E-state index in [1.165, 1.54) is 0 Å². The first-order chi connectivity index (χ1) is 8.81. The summed E-state index contributed by atoms with van der Waals surface area (Å²) in [6.45, 7) is 6.28. The molecule has 1 rings (SSSR count).